The summed E-state index contributed by atoms with van der Waals surface area (Å²) in [7, 11) is 0. The number of phenols is 2. The monoisotopic (exact) mass is 560 g/mol. The van der Waals surface area contributed by atoms with Gasteiger partial charge in [-0.25, -0.2) is 0 Å². The topological polar surface area (TPSA) is 102 Å². The maximum absolute atomic E-state index is 11.5. The fourth-order valence-electron chi connectivity index (χ4n) is 5.11. The second kappa shape index (κ2) is 9.98. The van der Waals surface area contributed by atoms with Crippen molar-refractivity contribution in [3.8, 4) is 22.9 Å². The Hall–Kier alpha value is -4.72. The number of nitrogens with zero attached hydrogens (tertiary/aromatic N) is 6. The Kier molecular flexibility index (Phi) is 6.52. The van der Waals surface area contributed by atoms with Crippen LogP contribution in [0.25, 0.3) is 33.4 Å². The van der Waals surface area contributed by atoms with E-state index in [1.165, 1.54) is 9.59 Å². The summed E-state index contributed by atoms with van der Waals surface area (Å²) in [6.07, 6.45) is 0.997. The van der Waals surface area contributed by atoms with Gasteiger partial charge in [0.1, 0.15) is 44.9 Å². The predicted octanol–water partition coefficient (Wildman–Crippen LogP) is 6.95. The summed E-state index contributed by atoms with van der Waals surface area (Å²) in [5.74, 6) is 0.268. The van der Waals surface area contributed by atoms with E-state index in [1.54, 1.807) is 0 Å². The fraction of sp³-hybridized carbons (Fsp3) is 0.294. The normalized spacial score (nSPS) is 12.4. The molecule has 0 unspecified atom stereocenters. The van der Waals surface area contributed by atoms with Crippen molar-refractivity contribution in [2.75, 3.05) is 0 Å². The maximum atomic E-state index is 11.5. The average Bonchev–Trinajstić information content (AvgIpc) is 3.56. The molecule has 6 aromatic rings. The highest BCUT2D eigenvalue weighted by Crippen LogP contribution is 2.37. The van der Waals surface area contributed by atoms with Gasteiger partial charge >= 0.3 is 0 Å². The number of phenolic OH excluding ortho intramolecular Hbond substituents is 2. The van der Waals surface area contributed by atoms with Crippen molar-refractivity contribution < 1.29 is 10.2 Å². The van der Waals surface area contributed by atoms with Gasteiger partial charge in [0, 0.05) is 0 Å². The number of hydrogen-bond donors (Lipinski definition) is 2. The van der Waals surface area contributed by atoms with E-state index in [0.29, 0.717) is 24.2 Å². The molecule has 0 amide bonds. The van der Waals surface area contributed by atoms with E-state index in [0.717, 1.165) is 44.3 Å². The van der Waals surface area contributed by atoms with E-state index in [4.69, 9.17) is 0 Å². The molecule has 4 aromatic carbocycles. The summed E-state index contributed by atoms with van der Waals surface area (Å²) >= 11 is 0. The Morgan fingerprint density at radius 2 is 0.833 bits per heavy atom. The summed E-state index contributed by atoms with van der Waals surface area (Å²) < 4.78 is 0. The highest BCUT2D eigenvalue weighted by Gasteiger charge is 2.24. The number of benzene rings is 4. The summed E-state index contributed by atoms with van der Waals surface area (Å²) in [6, 6.07) is 23.3. The molecule has 0 spiro atoms. The van der Waals surface area contributed by atoms with Gasteiger partial charge in [0.05, 0.1) is 0 Å². The molecule has 2 heterocycles. The predicted molar refractivity (Wildman–Crippen MR) is 166 cm³/mol. The molecule has 0 bridgehead atoms. The Morgan fingerprint density at radius 1 is 0.524 bits per heavy atom. The van der Waals surface area contributed by atoms with E-state index >= 15 is 0 Å². The van der Waals surface area contributed by atoms with Gasteiger partial charge in [0.2, 0.25) is 0 Å². The van der Waals surface area contributed by atoms with Crippen molar-refractivity contribution in [3.63, 3.8) is 0 Å². The van der Waals surface area contributed by atoms with Crippen LogP contribution in [0.3, 0.4) is 0 Å². The van der Waals surface area contributed by atoms with Crippen LogP contribution in [-0.2, 0) is 23.7 Å². The lowest BCUT2D eigenvalue weighted by Gasteiger charge is -2.23. The third-order valence-electron chi connectivity index (χ3n) is 7.74. The lowest BCUT2D eigenvalue weighted by molar-refractivity contribution is 0.453. The zero-order valence-electron chi connectivity index (χ0n) is 24.9. The van der Waals surface area contributed by atoms with Crippen LogP contribution in [0, 0.1) is 0 Å². The highest BCUT2D eigenvalue weighted by molar-refractivity contribution is 5.74. The second-order valence-corrected chi connectivity index (χ2v) is 13.0. The van der Waals surface area contributed by atoms with Crippen LogP contribution >= 0.6 is 0 Å². The van der Waals surface area contributed by atoms with Crippen LogP contribution in [0.5, 0.6) is 11.5 Å². The molecule has 8 nitrogen and oxygen atoms in total. The Morgan fingerprint density at radius 3 is 1.12 bits per heavy atom. The Balaban J connectivity index is 1.42. The van der Waals surface area contributed by atoms with Crippen molar-refractivity contribution in [1.29, 1.82) is 0 Å². The van der Waals surface area contributed by atoms with Gasteiger partial charge in [0.25, 0.3) is 0 Å². The first-order valence-electron chi connectivity index (χ1n) is 14.3. The van der Waals surface area contributed by atoms with Crippen LogP contribution in [0.15, 0.2) is 72.8 Å². The largest absolute Gasteiger partial charge is 0.505 e. The minimum absolute atomic E-state index is 0.134. The van der Waals surface area contributed by atoms with E-state index in [9.17, 15) is 10.2 Å². The number of aromatic hydroxyl groups is 2. The molecular weight excluding hydrogens is 524 g/mol. The molecule has 0 saturated heterocycles. The van der Waals surface area contributed by atoms with Gasteiger partial charge in [-0.05, 0) is 82.3 Å². The molecule has 0 atom stereocenters. The second-order valence-electron chi connectivity index (χ2n) is 13.0. The molecule has 0 saturated carbocycles. The molecule has 0 radical (unpaired) electrons. The minimum atomic E-state index is -0.168. The maximum Gasteiger partial charge on any atom is 0.146 e. The third kappa shape index (κ3) is 5.09. The van der Waals surface area contributed by atoms with Gasteiger partial charge in [0.15, 0.2) is 0 Å². The number of aromatic nitrogens is 6. The molecule has 2 N–H and O–H groups in total. The number of aryl methyl sites for hydroxylation is 2. The van der Waals surface area contributed by atoms with Crippen molar-refractivity contribution >= 4 is 22.1 Å². The van der Waals surface area contributed by atoms with Crippen molar-refractivity contribution in [2.45, 2.75) is 65.2 Å². The van der Waals surface area contributed by atoms with Crippen molar-refractivity contribution in [2.24, 2.45) is 0 Å². The third-order valence-corrected chi connectivity index (χ3v) is 7.74. The molecular formula is C34H36N6O2. The summed E-state index contributed by atoms with van der Waals surface area (Å²) in [4.78, 5) is 3.03. The van der Waals surface area contributed by atoms with Crippen molar-refractivity contribution in [1.82, 2.24) is 30.0 Å². The molecule has 42 heavy (non-hydrogen) atoms. The lowest BCUT2D eigenvalue weighted by Crippen LogP contribution is -2.14. The van der Waals surface area contributed by atoms with Crippen LogP contribution in [0.2, 0.25) is 0 Å². The zero-order valence-corrected chi connectivity index (χ0v) is 24.9. The summed E-state index contributed by atoms with van der Waals surface area (Å²) in [5, 5.41) is 41.6. The molecule has 2 aromatic heterocycles. The Bertz CT molecular complexity index is 1730. The van der Waals surface area contributed by atoms with Gasteiger partial charge in [-0.3, -0.25) is 0 Å². The van der Waals surface area contributed by atoms with Gasteiger partial charge in [-0.2, -0.15) is 0 Å². The van der Waals surface area contributed by atoms with Gasteiger partial charge in [-0.15, -0.1) is 30.0 Å². The van der Waals surface area contributed by atoms with Crippen molar-refractivity contribution in [3.05, 3.63) is 95.1 Å². The van der Waals surface area contributed by atoms with E-state index in [1.807, 2.05) is 60.7 Å². The van der Waals surface area contributed by atoms with Gasteiger partial charge in [-0.1, -0.05) is 77.9 Å². The molecule has 0 aliphatic heterocycles. The number of rotatable bonds is 5. The quantitative estimate of drug-likeness (QED) is 0.237. The molecule has 6 rings (SSSR count). The fourth-order valence-corrected chi connectivity index (χ4v) is 5.11. The van der Waals surface area contributed by atoms with E-state index in [-0.39, 0.29) is 22.3 Å². The van der Waals surface area contributed by atoms with Crippen LogP contribution in [0.4, 0.5) is 0 Å². The molecule has 0 aliphatic carbocycles. The smallest absolute Gasteiger partial charge is 0.146 e. The first-order valence-corrected chi connectivity index (χ1v) is 14.3. The molecule has 214 valence electrons. The number of hydrogen-bond acceptors (Lipinski definition) is 6. The summed E-state index contributed by atoms with van der Waals surface area (Å²) in [6.45, 7) is 12.9. The SMILES string of the molecule is CC(C)(C)c1cc(CCc2cc(C(C)(C)C)cc(-n3nc4ccccc4n3)c2O)c(O)c(-n2nc3ccccc3n2)c1. The van der Waals surface area contributed by atoms with Crippen LogP contribution in [-0.4, -0.2) is 40.2 Å². The van der Waals surface area contributed by atoms with Crippen LogP contribution in [0.1, 0.15) is 63.8 Å². The highest BCUT2D eigenvalue weighted by atomic mass is 16.3. The first kappa shape index (κ1) is 27.4. The lowest BCUT2D eigenvalue weighted by atomic mass is 9.83. The Labute approximate surface area is 245 Å². The van der Waals surface area contributed by atoms with E-state index in [2.05, 4.69) is 74.1 Å². The number of fused-ring (bicyclic) bond motifs is 2. The van der Waals surface area contributed by atoms with Gasteiger partial charge < -0.3 is 10.2 Å². The first-order chi connectivity index (χ1) is 19.9. The average molecular weight is 561 g/mol. The standard InChI is InChI=1S/C34H36N6O2/c1-33(2,3)23-17-21(31(41)29(19-23)39-35-25-11-7-8-12-26(25)36-39)15-16-22-18-24(34(4,5)6)20-30(32(22)42)40-37-27-13-9-10-14-28(27)38-40/h7-14,17-20,41-42H,15-16H2,1-6H3. The molecule has 0 aliphatic rings. The molecule has 8 heteroatoms. The summed E-state index contributed by atoms with van der Waals surface area (Å²) in [5.41, 5.74) is 7.44. The molecule has 0 fully saturated rings. The van der Waals surface area contributed by atoms with E-state index < -0.39 is 0 Å². The zero-order chi connectivity index (χ0) is 29.8. The minimum Gasteiger partial charge on any atom is -0.505 e. The van der Waals surface area contributed by atoms with Crippen LogP contribution < -0.4 is 0 Å².